The molecule has 0 aliphatic carbocycles. The molecule has 0 amide bonds. The molecule has 4 heteroatoms. The maximum Gasteiger partial charge on any atom is 0.193 e. The van der Waals surface area contributed by atoms with Gasteiger partial charge in [-0.15, -0.1) is 0 Å². The second-order valence-electron chi connectivity index (χ2n) is 6.39. The van der Waals surface area contributed by atoms with Crippen LogP contribution in [0.4, 0.5) is 0 Å². The van der Waals surface area contributed by atoms with Crippen LogP contribution in [0, 0.1) is 12.8 Å². The van der Waals surface area contributed by atoms with E-state index in [1.807, 2.05) is 0 Å². The number of likely N-dealkylation sites (tertiary alicyclic amines) is 1. The van der Waals surface area contributed by atoms with Gasteiger partial charge < -0.3 is 15.1 Å². The van der Waals surface area contributed by atoms with Crippen molar-refractivity contribution in [1.82, 2.24) is 15.1 Å². The van der Waals surface area contributed by atoms with Crippen molar-refractivity contribution < 1.29 is 0 Å². The molecule has 1 unspecified atom stereocenters. The topological polar surface area (TPSA) is 30.9 Å². The Labute approximate surface area is 135 Å². The zero-order valence-electron chi connectivity index (χ0n) is 14.5. The third-order valence-electron chi connectivity index (χ3n) is 4.35. The summed E-state index contributed by atoms with van der Waals surface area (Å²) < 4.78 is 0. The molecule has 0 bridgehead atoms. The zero-order chi connectivity index (χ0) is 15.9. The highest BCUT2D eigenvalue weighted by molar-refractivity contribution is 5.79. The van der Waals surface area contributed by atoms with E-state index in [1.54, 1.807) is 0 Å². The van der Waals surface area contributed by atoms with Crippen LogP contribution in [0.2, 0.25) is 0 Å². The van der Waals surface area contributed by atoms with Crippen LogP contribution in [-0.2, 0) is 6.54 Å². The van der Waals surface area contributed by atoms with Crippen molar-refractivity contribution in [2.45, 2.75) is 26.8 Å². The van der Waals surface area contributed by atoms with Crippen molar-refractivity contribution in [3.63, 3.8) is 0 Å². The predicted molar refractivity (Wildman–Crippen MR) is 94.2 cm³/mol. The number of guanidine groups is 1. The fourth-order valence-corrected chi connectivity index (χ4v) is 2.98. The number of nitrogens with zero attached hydrogens (tertiary/aromatic N) is 3. The van der Waals surface area contributed by atoms with Gasteiger partial charge in [0.25, 0.3) is 0 Å². The molecule has 1 atom stereocenters. The van der Waals surface area contributed by atoms with Gasteiger partial charge in [-0.25, -0.2) is 0 Å². The number of hydrogen-bond donors (Lipinski definition) is 1. The van der Waals surface area contributed by atoms with Crippen LogP contribution in [0.5, 0.6) is 0 Å². The molecule has 1 fully saturated rings. The fourth-order valence-electron chi connectivity index (χ4n) is 2.98. The average Bonchev–Trinajstić information content (AvgIpc) is 2.91. The van der Waals surface area contributed by atoms with Crippen molar-refractivity contribution in [3.8, 4) is 0 Å². The highest BCUT2D eigenvalue weighted by Gasteiger charge is 2.19. The van der Waals surface area contributed by atoms with Crippen LogP contribution in [0.15, 0.2) is 29.3 Å². The molecule has 1 aromatic carbocycles. The molecule has 1 aliphatic heterocycles. The van der Waals surface area contributed by atoms with Crippen LogP contribution in [0.25, 0.3) is 0 Å². The normalized spacial score (nSPS) is 19.5. The number of benzene rings is 1. The molecule has 1 aromatic rings. The van der Waals surface area contributed by atoms with E-state index < -0.39 is 0 Å². The van der Waals surface area contributed by atoms with E-state index in [4.69, 9.17) is 4.99 Å². The third kappa shape index (κ3) is 4.73. The second-order valence-corrected chi connectivity index (χ2v) is 6.39. The van der Waals surface area contributed by atoms with Crippen molar-refractivity contribution in [2.24, 2.45) is 10.9 Å². The molecule has 0 saturated carbocycles. The molecular formula is C18H30N4. The van der Waals surface area contributed by atoms with Gasteiger partial charge in [0.15, 0.2) is 5.96 Å². The van der Waals surface area contributed by atoms with Crippen LogP contribution >= 0.6 is 0 Å². The summed E-state index contributed by atoms with van der Waals surface area (Å²) in [6.07, 6.45) is 1.26. The first-order chi connectivity index (χ1) is 10.6. The summed E-state index contributed by atoms with van der Waals surface area (Å²) in [5.74, 6) is 1.71. The zero-order valence-corrected chi connectivity index (χ0v) is 14.5. The molecule has 1 N–H and O–H groups in total. The van der Waals surface area contributed by atoms with E-state index in [1.165, 1.54) is 30.6 Å². The Morgan fingerprint density at radius 1 is 1.41 bits per heavy atom. The number of rotatable bonds is 5. The van der Waals surface area contributed by atoms with Gasteiger partial charge in [-0.3, -0.25) is 4.99 Å². The summed E-state index contributed by atoms with van der Waals surface area (Å²) in [6.45, 7) is 9.39. The van der Waals surface area contributed by atoms with E-state index >= 15 is 0 Å². The molecule has 0 radical (unpaired) electrons. The molecule has 1 aliphatic rings. The monoisotopic (exact) mass is 302 g/mol. The fraction of sp³-hybridized carbons (Fsp3) is 0.611. The van der Waals surface area contributed by atoms with E-state index in [0.717, 1.165) is 25.6 Å². The Hall–Kier alpha value is -1.55. The molecule has 4 nitrogen and oxygen atoms in total. The summed E-state index contributed by atoms with van der Waals surface area (Å²) in [6, 6.07) is 8.56. The number of hydrogen-bond acceptors (Lipinski definition) is 2. The van der Waals surface area contributed by atoms with E-state index in [0.29, 0.717) is 5.92 Å². The number of aryl methyl sites for hydroxylation is 1. The Morgan fingerprint density at radius 2 is 2.18 bits per heavy atom. The van der Waals surface area contributed by atoms with Crippen LogP contribution in [-0.4, -0.2) is 56.0 Å². The van der Waals surface area contributed by atoms with Crippen molar-refractivity contribution >= 4 is 5.96 Å². The highest BCUT2D eigenvalue weighted by Crippen LogP contribution is 2.15. The highest BCUT2D eigenvalue weighted by atomic mass is 15.3. The van der Waals surface area contributed by atoms with Gasteiger partial charge in [-0.05, 0) is 50.9 Å². The van der Waals surface area contributed by atoms with Crippen LogP contribution in [0.1, 0.15) is 24.5 Å². The minimum absolute atomic E-state index is 0.700. The lowest BCUT2D eigenvalue weighted by molar-refractivity contribution is 0.396. The maximum atomic E-state index is 4.86. The lowest BCUT2D eigenvalue weighted by Gasteiger charge is -2.23. The minimum Gasteiger partial charge on any atom is -0.357 e. The average molecular weight is 302 g/mol. The largest absolute Gasteiger partial charge is 0.357 e. The molecule has 1 heterocycles. The Balaban J connectivity index is 1.98. The van der Waals surface area contributed by atoms with E-state index in [2.05, 4.69) is 67.3 Å². The van der Waals surface area contributed by atoms with Gasteiger partial charge in [0.05, 0.1) is 0 Å². The molecular weight excluding hydrogens is 272 g/mol. The third-order valence-corrected chi connectivity index (χ3v) is 4.35. The van der Waals surface area contributed by atoms with Crippen LogP contribution in [0.3, 0.4) is 0 Å². The Kier molecular flexibility index (Phi) is 6.25. The van der Waals surface area contributed by atoms with Gasteiger partial charge in [0, 0.05) is 33.2 Å². The number of aliphatic imine (C=N–C) groups is 1. The maximum absolute atomic E-state index is 4.86. The standard InChI is InChI=1S/C18H30N4/c1-5-19-18(20-12-16-10-11-21(3)13-16)22(4)14-17-9-7-6-8-15(17)2/h6-9,16H,5,10-14H2,1-4H3,(H,19,20). The molecule has 22 heavy (non-hydrogen) atoms. The van der Waals surface area contributed by atoms with Gasteiger partial charge >= 0.3 is 0 Å². The van der Waals surface area contributed by atoms with Crippen LogP contribution < -0.4 is 5.32 Å². The number of nitrogens with one attached hydrogen (secondary N) is 1. The van der Waals surface area contributed by atoms with Crippen molar-refractivity contribution in [3.05, 3.63) is 35.4 Å². The lowest BCUT2D eigenvalue weighted by atomic mass is 10.1. The van der Waals surface area contributed by atoms with E-state index in [-0.39, 0.29) is 0 Å². The van der Waals surface area contributed by atoms with Crippen molar-refractivity contribution in [1.29, 1.82) is 0 Å². The quantitative estimate of drug-likeness (QED) is 0.669. The minimum atomic E-state index is 0.700. The second kappa shape index (κ2) is 8.18. The molecule has 122 valence electrons. The SMILES string of the molecule is CCNC(=NCC1CCN(C)C1)N(C)Cc1ccccc1C. The molecule has 1 saturated heterocycles. The summed E-state index contributed by atoms with van der Waals surface area (Å²) in [5, 5.41) is 3.42. The van der Waals surface area contributed by atoms with Gasteiger partial charge in [0.1, 0.15) is 0 Å². The Morgan fingerprint density at radius 3 is 2.82 bits per heavy atom. The summed E-state index contributed by atoms with van der Waals surface area (Å²) in [7, 11) is 4.31. The lowest BCUT2D eigenvalue weighted by Crippen LogP contribution is -2.39. The smallest absolute Gasteiger partial charge is 0.193 e. The van der Waals surface area contributed by atoms with Gasteiger partial charge in [0.2, 0.25) is 0 Å². The first-order valence-corrected chi connectivity index (χ1v) is 8.32. The molecule has 2 rings (SSSR count). The Bertz CT molecular complexity index is 498. The summed E-state index contributed by atoms with van der Waals surface area (Å²) >= 11 is 0. The predicted octanol–water partition coefficient (Wildman–Crippen LogP) is 2.34. The van der Waals surface area contributed by atoms with E-state index in [9.17, 15) is 0 Å². The van der Waals surface area contributed by atoms with Crippen molar-refractivity contribution in [2.75, 3.05) is 40.3 Å². The molecule has 0 aromatic heterocycles. The van der Waals surface area contributed by atoms with Gasteiger partial charge in [-0.1, -0.05) is 24.3 Å². The summed E-state index contributed by atoms with van der Waals surface area (Å²) in [4.78, 5) is 9.48. The van der Waals surface area contributed by atoms with Gasteiger partial charge in [-0.2, -0.15) is 0 Å². The molecule has 0 spiro atoms. The first-order valence-electron chi connectivity index (χ1n) is 8.32. The summed E-state index contributed by atoms with van der Waals surface area (Å²) in [5.41, 5.74) is 2.69. The first kappa shape index (κ1) is 16.8.